The molecule has 1 rings (SSSR count). The summed E-state index contributed by atoms with van der Waals surface area (Å²) in [5, 5.41) is 35.1. The molecule has 210 valence electrons. The van der Waals surface area contributed by atoms with Crippen LogP contribution in [0.4, 0.5) is 52.7 Å². The zero-order valence-electron chi connectivity index (χ0n) is 16.9. The van der Waals surface area contributed by atoms with Crippen LogP contribution in [0, 0.1) is 7.43 Å². The first-order valence-electron chi connectivity index (χ1n) is 7.42. The summed E-state index contributed by atoms with van der Waals surface area (Å²) < 4.78 is 126. The first-order chi connectivity index (χ1) is 15.7. The maximum atomic E-state index is 10.5. The number of nitrogens with one attached hydrogen (secondary N) is 1. The average molecular weight is 572 g/mol. The van der Waals surface area contributed by atoms with Crippen molar-refractivity contribution in [1.29, 1.82) is 0 Å². The standard InChI is InChI=1S/C6H8N2.4C2HF3O2.C/c1-2-3-6-7-4-5-8-6;4*3-2(4,5)1(6)7;/h2,4-5H,1,3H2,(H,7,8);4*(H,6,7);/q;;;;;+4/p-4. The van der Waals surface area contributed by atoms with Crippen LogP contribution in [-0.2, 0) is 25.6 Å². The summed E-state index contributed by atoms with van der Waals surface area (Å²) in [6.07, 6.45) is -14.6. The van der Waals surface area contributed by atoms with Crippen LogP contribution in [0.15, 0.2) is 25.0 Å². The molecule has 0 atom stereocenters. The molecule has 0 aliphatic heterocycles. The minimum absolute atomic E-state index is 0. The van der Waals surface area contributed by atoms with Crippen LogP contribution < -0.4 is 20.4 Å². The van der Waals surface area contributed by atoms with E-state index < -0.39 is 48.6 Å². The summed E-state index contributed by atoms with van der Waals surface area (Å²) in [5.41, 5.74) is 0. The second-order valence-electron chi connectivity index (χ2n) is 4.67. The number of carboxylic acid groups (broad SMARTS) is 4. The number of H-pyrrole nitrogens is 1. The van der Waals surface area contributed by atoms with Gasteiger partial charge in [0, 0.05) is 18.8 Å². The maximum absolute atomic E-state index is 10.5. The quantitative estimate of drug-likeness (QED) is 0.322. The zero-order valence-corrected chi connectivity index (χ0v) is 16.9. The van der Waals surface area contributed by atoms with Gasteiger partial charge in [0.25, 0.3) is 0 Å². The van der Waals surface area contributed by atoms with Gasteiger partial charge in [0.1, 0.15) is 29.7 Å². The Morgan fingerprint density at radius 2 is 0.919 bits per heavy atom. The first kappa shape index (κ1) is 43.1. The third kappa shape index (κ3) is 32.0. The number of aromatic nitrogens is 2. The van der Waals surface area contributed by atoms with Crippen molar-refractivity contribution in [3.05, 3.63) is 38.3 Å². The monoisotopic (exact) mass is 572 g/mol. The van der Waals surface area contributed by atoms with E-state index in [1.165, 1.54) is 0 Å². The number of hydrogen-bond acceptors (Lipinski definition) is 9. The van der Waals surface area contributed by atoms with Crippen LogP contribution >= 0.6 is 0 Å². The third-order valence-electron chi connectivity index (χ3n) is 1.82. The van der Waals surface area contributed by atoms with Gasteiger partial charge in [-0.15, -0.1) is 6.58 Å². The first-order valence-corrected chi connectivity index (χ1v) is 7.42. The fourth-order valence-electron chi connectivity index (χ4n) is 0.546. The minimum atomic E-state index is -5.19. The number of imidazole rings is 1. The Morgan fingerprint density at radius 3 is 1.03 bits per heavy atom. The predicted octanol–water partition coefficient (Wildman–Crippen LogP) is -1.59. The van der Waals surface area contributed by atoms with Gasteiger partial charge < -0.3 is 44.6 Å². The van der Waals surface area contributed by atoms with Crippen LogP contribution in [0.3, 0.4) is 0 Å². The van der Waals surface area contributed by atoms with Crippen LogP contribution in [-0.4, -0.2) is 58.6 Å². The molecule has 0 aromatic carbocycles. The number of carboxylic acids is 4. The van der Waals surface area contributed by atoms with E-state index in [9.17, 15) is 52.7 Å². The van der Waals surface area contributed by atoms with Gasteiger partial charge in [0.2, 0.25) is 0 Å². The molecule has 0 radical (unpaired) electrons. The Morgan fingerprint density at radius 1 is 0.703 bits per heavy atom. The van der Waals surface area contributed by atoms with E-state index in [1.54, 1.807) is 12.4 Å². The number of rotatable bonds is 2. The number of aliphatic carboxylic acids is 4. The Labute approximate surface area is 196 Å². The molecule has 0 spiro atoms. The normalized spacial score (nSPS) is 10.5. The van der Waals surface area contributed by atoms with Crippen molar-refractivity contribution in [2.24, 2.45) is 0 Å². The van der Waals surface area contributed by atoms with Crippen molar-refractivity contribution >= 4 is 23.9 Å². The molecule has 0 bridgehead atoms. The number of aromatic amines is 1. The summed E-state index contributed by atoms with van der Waals surface area (Å²) in [6, 6.07) is 0. The Balaban J connectivity index is -0.000000115. The van der Waals surface area contributed by atoms with Gasteiger partial charge in [-0.25, -0.2) is 4.98 Å². The van der Waals surface area contributed by atoms with Crippen molar-refractivity contribution in [3.63, 3.8) is 0 Å². The van der Waals surface area contributed by atoms with Crippen LogP contribution in [0.1, 0.15) is 5.82 Å². The van der Waals surface area contributed by atoms with E-state index in [2.05, 4.69) is 16.5 Å². The van der Waals surface area contributed by atoms with Crippen molar-refractivity contribution in [3.8, 4) is 0 Å². The fraction of sp³-hybridized carbons (Fsp3) is 0.333. The Bertz CT molecular complexity index is 717. The van der Waals surface area contributed by atoms with Gasteiger partial charge in [0.15, 0.2) is 0 Å². The van der Waals surface area contributed by atoms with Crippen molar-refractivity contribution in [2.45, 2.75) is 31.1 Å². The largest absolute Gasteiger partial charge is 4.00 e. The average Bonchev–Trinajstić information content (AvgIpc) is 3.14. The number of allylic oxidation sites excluding steroid dienone is 1. The van der Waals surface area contributed by atoms with E-state index >= 15 is 0 Å². The van der Waals surface area contributed by atoms with Gasteiger partial charge in [0.05, 0.1) is 0 Å². The van der Waals surface area contributed by atoms with E-state index in [0.717, 1.165) is 12.2 Å². The second kappa shape index (κ2) is 18.3. The zero-order chi connectivity index (χ0) is 30.1. The van der Waals surface area contributed by atoms with E-state index in [0.29, 0.717) is 0 Å². The third-order valence-corrected chi connectivity index (χ3v) is 1.82. The Kier molecular flexibility index (Phi) is 21.3. The molecule has 37 heavy (non-hydrogen) atoms. The molecule has 0 fully saturated rings. The van der Waals surface area contributed by atoms with Gasteiger partial charge in [-0.2, -0.15) is 52.7 Å². The van der Waals surface area contributed by atoms with Gasteiger partial charge in [-0.3, -0.25) is 0 Å². The molecule has 0 saturated heterocycles. The van der Waals surface area contributed by atoms with E-state index in [4.69, 9.17) is 39.6 Å². The van der Waals surface area contributed by atoms with E-state index in [1.807, 2.05) is 6.08 Å². The van der Waals surface area contributed by atoms with Gasteiger partial charge in [-0.1, -0.05) is 6.08 Å². The molecule has 0 amide bonds. The van der Waals surface area contributed by atoms with Crippen LogP contribution in [0.25, 0.3) is 0 Å². The molecule has 0 aliphatic rings. The van der Waals surface area contributed by atoms with Crippen LogP contribution in [0.2, 0.25) is 0 Å². The molecule has 0 saturated carbocycles. The number of alkyl halides is 12. The predicted molar refractivity (Wildman–Crippen MR) is 80.0 cm³/mol. The summed E-state index contributed by atoms with van der Waals surface area (Å²) in [6.45, 7) is 3.58. The molecule has 10 nitrogen and oxygen atoms in total. The number of halogens is 12. The van der Waals surface area contributed by atoms with Crippen molar-refractivity contribution in [2.75, 3.05) is 0 Å². The number of hydrogen-bond donors (Lipinski definition) is 1. The maximum Gasteiger partial charge on any atom is 4.00 e. The van der Waals surface area contributed by atoms with E-state index in [-0.39, 0.29) is 7.43 Å². The minimum Gasteiger partial charge on any atom is -0.542 e. The summed E-state index contributed by atoms with van der Waals surface area (Å²) in [5.74, 6) is -11.1. The summed E-state index contributed by atoms with van der Waals surface area (Å²) in [7, 11) is 0. The Hall–Kier alpha value is -4.01. The molecule has 1 aromatic heterocycles. The number of carbonyl (C=O) groups excluding carboxylic acids is 4. The van der Waals surface area contributed by atoms with Gasteiger partial charge >= 0.3 is 32.1 Å². The molecular weight excluding hydrogens is 564 g/mol. The SMILES string of the molecule is C=CCc1ncc[nH]1.O=C([O-])C(F)(F)F.O=C([O-])C(F)(F)F.O=C([O-])C(F)(F)F.O=C([O-])C(F)(F)F.[C+4]. The molecule has 1 heterocycles. The van der Waals surface area contributed by atoms with Crippen LogP contribution in [0.5, 0.6) is 0 Å². The van der Waals surface area contributed by atoms with Crippen molar-refractivity contribution in [1.82, 2.24) is 9.97 Å². The number of nitrogens with zero attached hydrogens (tertiary/aromatic N) is 1. The number of carbonyl (C=O) groups is 4. The molecule has 22 heteroatoms. The second-order valence-corrected chi connectivity index (χ2v) is 4.67. The topological polar surface area (TPSA) is 189 Å². The molecule has 0 unspecified atom stereocenters. The molecule has 1 aromatic rings. The fourth-order valence-corrected chi connectivity index (χ4v) is 0.546. The van der Waals surface area contributed by atoms with Gasteiger partial charge in [-0.05, 0) is 0 Å². The molecule has 0 aliphatic carbocycles. The smallest absolute Gasteiger partial charge is 0.542 e. The summed E-state index contributed by atoms with van der Waals surface area (Å²) >= 11 is 0. The summed E-state index contributed by atoms with van der Waals surface area (Å²) in [4.78, 5) is 42.1. The van der Waals surface area contributed by atoms with Crippen molar-refractivity contribution < 1.29 is 92.3 Å². The molecule has 1 N–H and O–H groups in total. The molecular formula is C15H8F12N2O8.